The van der Waals surface area contributed by atoms with Crippen molar-refractivity contribution in [3.8, 4) is 5.75 Å². The molecule has 0 aliphatic carbocycles. The highest BCUT2D eigenvalue weighted by Gasteiger charge is 2.32. The fourth-order valence-corrected chi connectivity index (χ4v) is 3.70. The Morgan fingerprint density at radius 1 is 1.10 bits per heavy atom. The van der Waals surface area contributed by atoms with E-state index in [9.17, 15) is 23.1 Å². The number of ether oxygens (including phenoxy) is 1. The molecule has 1 heterocycles. The van der Waals surface area contributed by atoms with E-state index in [0.29, 0.717) is 18.8 Å². The van der Waals surface area contributed by atoms with Gasteiger partial charge in [0, 0.05) is 5.69 Å². The van der Waals surface area contributed by atoms with Crippen molar-refractivity contribution in [2.45, 2.75) is 38.3 Å². The van der Waals surface area contributed by atoms with Gasteiger partial charge in [-0.1, -0.05) is 30.3 Å². The SMILES string of the molecule is CC(C(=O)Nc1ccc(OC(F)(F)F)cc1)N1CCC(C(O)c2ccccc2)CC1. The minimum absolute atomic E-state index is 0.139. The number of halogens is 3. The number of piperidine rings is 1. The van der Waals surface area contributed by atoms with Crippen LogP contribution in [0.15, 0.2) is 54.6 Å². The first-order chi connectivity index (χ1) is 14.2. The number of aliphatic hydroxyl groups is 1. The number of carbonyl (C=O) groups excluding carboxylic acids is 1. The molecular formula is C22H25F3N2O3. The third-order valence-electron chi connectivity index (χ3n) is 5.44. The van der Waals surface area contributed by atoms with Crippen LogP contribution in [0.5, 0.6) is 5.75 Å². The number of aliphatic hydroxyl groups excluding tert-OH is 1. The summed E-state index contributed by atoms with van der Waals surface area (Å²) in [5.41, 5.74) is 1.30. The van der Waals surface area contributed by atoms with Crippen LogP contribution in [0, 0.1) is 5.92 Å². The monoisotopic (exact) mass is 422 g/mol. The van der Waals surface area contributed by atoms with Gasteiger partial charge in [0.2, 0.25) is 5.91 Å². The molecule has 8 heteroatoms. The molecule has 2 N–H and O–H groups in total. The Kier molecular flexibility index (Phi) is 6.99. The molecule has 2 aromatic carbocycles. The normalized spacial score (nSPS) is 17.9. The van der Waals surface area contributed by atoms with Crippen LogP contribution < -0.4 is 10.1 Å². The van der Waals surface area contributed by atoms with Crippen molar-refractivity contribution in [2.24, 2.45) is 5.92 Å². The molecule has 0 radical (unpaired) electrons. The van der Waals surface area contributed by atoms with Gasteiger partial charge in [0.1, 0.15) is 5.75 Å². The summed E-state index contributed by atoms with van der Waals surface area (Å²) in [5.74, 6) is -0.436. The maximum atomic E-state index is 12.5. The summed E-state index contributed by atoms with van der Waals surface area (Å²) in [7, 11) is 0. The molecule has 0 bridgehead atoms. The molecule has 162 valence electrons. The largest absolute Gasteiger partial charge is 0.573 e. The minimum Gasteiger partial charge on any atom is -0.406 e. The van der Waals surface area contributed by atoms with Gasteiger partial charge in [-0.2, -0.15) is 0 Å². The Labute approximate surface area is 173 Å². The number of carbonyl (C=O) groups is 1. The van der Waals surface area contributed by atoms with E-state index in [2.05, 4.69) is 10.1 Å². The van der Waals surface area contributed by atoms with Crippen LogP contribution in [-0.2, 0) is 4.79 Å². The van der Waals surface area contributed by atoms with Crippen LogP contribution in [-0.4, -0.2) is 41.4 Å². The lowest BCUT2D eigenvalue weighted by Gasteiger charge is -2.37. The van der Waals surface area contributed by atoms with Crippen LogP contribution >= 0.6 is 0 Å². The van der Waals surface area contributed by atoms with E-state index in [4.69, 9.17) is 0 Å². The number of benzene rings is 2. The molecule has 2 unspecified atom stereocenters. The molecule has 1 aliphatic heterocycles. The van der Waals surface area contributed by atoms with Crippen molar-refractivity contribution >= 4 is 11.6 Å². The Balaban J connectivity index is 1.50. The first kappa shape index (κ1) is 22.1. The second-order valence-electron chi connectivity index (χ2n) is 7.47. The number of nitrogens with one attached hydrogen (secondary N) is 1. The molecule has 5 nitrogen and oxygen atoms in total. The zero-order chi connectivity index (χ0) is 21.7. The first-order valence-corrected chi connectivity index (χ1v) is 9.86. The third kappa shape index (κ3) is 5.96. The number of anilines is 1. The standard InChI is InChI=1S/C22H25F3N2O3/c1-15(21(29)26-18-7-9-19(10-8-18)30-22(23,24)25)27-13-11-17(12-14-27)20(28)16-5-3-2-4-6-16/h2-10,15,17,20,28H,11-14H2,1H3,(H,26,29). The first-order valence-electron chi connectivity index (χ1n) is 9.86. The predicted octanol–water partition coefficient (Wildman–Crippen LogP) is 4.36. The van der Waals surface area contributed by atoms with Crippen LogP contribution in [0.1, 0.15) is 31.4 Å². The average molecular weight is 422 g/mol. The fourth-order valence-electron chi connectivity index (χ4n) is 3.70. The van der Waals surface area contributed by atoms with E-state index in [-0.39, 0.29) is 17.6 Å². The minimum atomic E-state index is -4.75. The molecule has 0 saturated carbocycles. The Morgan fingerprint density at radius 2 is 1.70 bits per heavy atom. The average Bonchev–Trinajstić information content (AvgIpc) is 2.74. The Hall–Kier alpha value is -2.58. The number of hydrogen-bond donors (Lipinski definition) is 2. The summed E-state index contributed by atoms with van der Waals surface area (Å²) in [5, 5.41) is 13.3. The molecule has 2 atom stereocenters. The lowest BCUT2D eigenvalue weighted by atomic mass is 9.87. The fraction of sp³-hybridized carbons (Fsp3) is 0.409. The second-order valence-corrected chi connectivity index (χ2v) is 7.47. The van der Waals surface area contributed by atoms with Crippen molar-refractivity contribution in [3.05, 3.63) is 60.2 Å². The van der Waals surface area contributed by atoms with Gasteiger partial charge in [-0.05, 0) is 68.6 Å². The summed E-state index contributed by atoms with van der Waals surface area (Å²) in [4.78, 5) is 14.6. The molecule has 2 aromatic rings. The van der Waals surface area contributed by atoms with Crippen LogP contribution in [0.25, 0.3) is 0 Å². The van der Waals surface area contributed by atoms with Crippen molar-refractivity contribution in [1.29, 1.82) is 0 Å². The molecule has 3 rings (SSSR count). The highest BCUT2D eigenvalue weighted by molar-refractivity contribution is 5.94. The molecule has 30 heavy (non-hydrogen) atoms. The van der Waals surface area contributed by atoms with Gasteiger partial charge in [0.05, 0.1) is 12.1 Å². The summed E-state index contributed by atoms with van der Waals surface area (Å²) in [6, 6.07) is 14.2. The molecule has 1 amide bonds. The predicted molar refractivity (Wildman–Crippen MR) is 107 cm³/mol. The van der Waals surface area contributed by atoms with Crippen LogP contribution in [0.2, 0.25) is 0 Å². The van der Waals surface area contributed by atoms with Gasteiger partial charge in [0.15, 0.2) is 0 Å². The van der Waals surface area contributed by atoms with Crippen molar-refractivity contribution < 1.29 is 27.8 Å². The quantitative estimate of drug-likeness (QED) is 0.726. The van der Waals surface area contributed by atoms with E-state index in [0.717, 1.165) is 30.5 Å². The molecular weight excluding hydrogens is 397 g/mol. The van der Waals surface area contributed by atoms with E-state index in [1.807, 2.05) is 35.2 Å². The summed E-state index contributed by atoms with van der Waals surface area (Å²) < 4.78 is 40.5. The van der Waals surface area contributed by atoms with Crippen molar-refractivity contribution in [3.63, 3.8) is 0 Å². The van der Waals surface area contributed by atoms with Gasteiger partial charge >= 0.3 is 6.36 Å². The van der Waals surface area contributed by atoms with Crippen LogP contribution in [0.3, 0.4) is 0 Å². The van der Waals surface area contributed by atoms with Crippen LogP contribution in [0.4, 0.5) is 18.9 Å². The van der Waals surface area contributed by atoms with Crippen molar-refractivity contribution in [1.82, 2.24) is 4.90 Å². The Morgan fingerprint density at radius 3 is 2.27 bits per heavy atom. The van der Waals surface area contributed by atoms with Gasteiger partial charge in [-0.3, -0.25) is 9.69 Å². The number of rotatable bonds is 6. The number of hydrogen-bond acceptors (Lipinski definition) is 4. The third-order valence-corrected chi connectivity index (χ3v) is 5.44. The molecule has 0 spiro atoms. The molecule has 1 saturated heterocycles. The molecule has 1 aliphatic rings. The van der Waals surface area contributed by atoms with E-state index < -0.39 is 18.5 Å². The number of likely N-dealkylation sites (tertiary alicyclic amines) is 1. The highest BCUT2D eigenvalue weighted by atomic mass is 19.4. The van der Waals surface area contributed by atoms with Gasteiger partial charge < -0.3 is 15.2 Å². The maximum absolute atomic E-state index is 12.5. The number of amides is 1. The smallest absolute Gasteiger partial charge is 0.406 e. The molecule has 1 fully saturated rings. The molecule has 0 aromatic heterocycles. The lowest BCUT2D eigenvalue weighted by Crippen LogP contribution is -2.46. The lowest BCUT2D eigenvalue weighted by molar-refractivity contribution is -0.274. The summed E-state index contributed by atoms with van der Waals surface area (Å²) in [6.07, 6.45) is -3.72. The van der Waals surface area contributed by atoms with Gasteiger partial charge in [0.25, 0.3) is 0 Å². The topological polar surface area (TPSA) is 61.8 Å². The van der Waals surface area contributed by atoms with Crippen molar-refractivity contribution in [2.75, 3.05) is 18.4 Å². The summed E-state index contributed by atoms with van der Waals surface area (Å²) >= 11 is 0. The zero-order valence-corrected chi connectivity index (χ0v) is 16.6. The summed E-state index contributed by atoms with van der Waals surface area (Å²) in [6.45, 7) is 3.16. The number of alkyl halides is 3. The zero-order valence-electron chi connectivity index (χ0n) is 16.6. The maximum Gasteiger partial charge on any atom is 0.573 e. The van der Waals surface area contributed by atoms with Gasteiger partial charge in [-0.15, -0.1) is 13.2 Å². The number of nitrogens with zero attached hydrogens (tertiary/aromatic N) is 1. The van der Waals surface area contributed by atoms with E-state index in [1.54, 1.807) is 6.92 Å². The van der Waals surface area contributed by atoms with E-state index >= 15 is 0 Å². The van der Waals surface area contributed by atoms with Gasteiger partial charge in [-0.25, -0.2) is 0 Å². The van der Waals surface area contributed by atoms with E-state index in [1.165, 1.54) is 12.1 Å². The Bertz CT molecular complexity index is 820. The highest BCUT2D eigenvalue weighted by Crippen LogP contribution is 2.31. The second kappa shape index (κ2) is 9.49.